The third-order valence-electron chi connectivity index (χ3n) is 3.97. The Balaban J connectivity index is 2.61. The Morgan fingerprint density at radius 3 is 2.32 bits per heavy atom. The molecule has 150 valence electrons. The number of halogens is 1. The zero-order valence-corrected chi connectivity index (χ0v) is 16.5. The number of sulfonamides is 1. The summed E-state index contributed by atoms with van der Waals surface area (Å²) >= 11 is 0. The van der Waals surface area contributed by atoms with Gasteiger partial charge in [0.05, 0.1) is 29.9 Å². The smallest absolute Gasteiger partial charge is 0.338 e. The first kappa shape index (κ1) is 21.4. The molecule has 7 nitrogen and oxygen atoms in total. The molecule has 0 heterocycles. The summed E-state index contributed by atoms with van der Waals surface area (Å²) in [6.45, 7) is 2.73. The van der Waals surface area contributed by atoms with Crippen LogP contribution in [0.15, 0.2) is 47.4 Å². The highest BCUT2D eigenvalue weighted by molar-refractivity contribution is 7.92. The normalized spacial score (nSPS) is 11.0. The van der Waals surface area contributed by atoms with Crippen molar-refractivity contribution in [3.8, 4) is 0 Å². The van der Waals surface area contributed by atoms with Crippen LogP contribution in [-0.2, 0) is 24.3 Å². The molecule has 0 amide bonds. The van der Waals surface area contributed by atoms with E-state index in [-0.39, 0.29) is 22.8 Å². The molecule has 0 fully saturated rings. The molecule has 0 N–H and O–H groups in total. The van der Waals surface area contributed by atoms with Gasteiger partial charge in [0.1, 0.15) is 12.4 Å². The highest BCUT2D eigenvalue weighted by Gasteiger charge is 2.30. The average molecular weight is 409 g/mol. The van der Waals surface area contributed by atoms with Crippen molar-refractivity contribution in [2.75, 3.05) is 24.6 Å². The maximum absolute atomic E-state index is 13.2. The van der Waals surface area contributed by atoms with E-state index in [0.29, 0.717) is 5.56 Å². The predicted octanol–water partition coefficient (Wildman–Crippen LogP) is 2.68. The van der Waals surface area contributed by atoms with Crippen molar-refractivity contribution >= 4 is 27.6 Å². The first-order chi connectivity index (χ1) is 13.2. The van der Waals surface area contributed by atoms with Crippen molar-refractivity contribution in [2.24, 2.45) is 0 Å². The van der Waals surface area contributed by atoms with E-state index >= 15 is 0 Å². The molecular formula is C19H20FNO6S. The van der Waals surface area contributed by atoms with Gasteiger partial charge in [-0.2, -0.15) is 0 Å². The van der Waals surface area contributed by atoms with Crippen LogP contribution in [0.3, 0.4) is 0 Å². The first-order valence-electron chi connectivity index (χ1n) is 8.34. The number of carbonyl (C=O) groups excluding carboxylic acids is 2. The summed E-state index contributed by atoms with van der Waals surface area (Å²) in [5, 5.41) is 0. The van der Waals surface area contributed by atoms with E-state index < -0.39 is 34.3 Å². The van der Waals surface area contributed by atoms with Crippen molar-refractivity contribution in [3.63, 3.8) is 0 Å². The van der Waals surface area contributed by atoms with Gasteiger partial charge in [-0.05, 0) is 55.8 Å². The molecule has 0 bridgehead atoms. The van der Waals surface area contributed by atoms with E-state index in [9.17, 15) is 22.4 Å². The summed E-state index contributed by atoms with van der Waals surface area (Å²) in [4.78, 5) is 23.8. The Hall–Kier alpha value is -2.94. The highest BCUT2D eigenvalue weighted by Crippen LogP contribution is 2.29. The van der Waals surface area contributed by atoms with Gasteiger partial charge in [-0.25, -0.2) is 17.6 Å². The van der Waals surface area contributed by atoms with Crippen LogP contribution in [0.1, 0.15) is 22.8 Å². The number of rotatable bonds is 7. The van der Waals surface area contributed by atoms with Crippen LogP contribution in [0.4, 0.5) is 10.1 Å². The Labute approximate surface area is 162 Å². The van der Waals surface area contributed by atoms with E-state index in [2.05, 4.69) is 4.74 Å². The lowest BCUT2D eigenvalue weighted by atomic mass is 10.1. The lowest BCUT2D eigenvalue weighted by Gasteiger charge is -2.25. The van der Waals surface area contributed by atoms with Crippen LogP contribution in [0, 0.1) is 12.7 Å². The molecule has 2 rings (SSSR count). The minimum absolute atomic E-state index is 0.111. The van der Waals surface area contributed by atoms with Gasteiger partial charge in [-0.1, -0.05) is 6.07 Å². The number of hydrogen-bond acceptors (Lipinski definition) is 6. The second-order valence-corrected chi connectivity index (χ2v) is 7.57. The van der Waals surface area contributed by atoms with E-state index in [0.717, 1.165) is 35.7 Å². The van der Waals surface area contributed by atoms with Gasteiger partial charge in [-0.3, -0.25) is 9.10 Å². The molecule has 9 heteroatoms. The lowest BCUT2D eigenvalue weighted by molar-refractivity contribution is -0.138. The number of methoxy groups -OCH3 is 1. The second kappa shape index (κ2) is 8.83. The summed E-state index contributed by atoms with van der Waals surface area (Å²) < 4.78 is 49.9. The summed E-state index contributed by atoms with van der Waals surface area (Å²) in [6, 6.07) is 8.65. The molecule has 28 heavy (non-hydrogen) atoms. The summed E-state index contributed by atoms with van der Waals surface area (Å²) in [7, 11) is -3.11. The molecule has 0 aliphatic heterocycles. The van der Waals surface area contributed by atoms with E-state index in [1.807, 2.05) is 0 Å². The number of carbonyl (C=O) groups is 2. The van der Waals surface area contributed by atoms with Crippen LogP contribution in [0.2, 0.25) is 0 Å². The highest BCUT2D eigenvalue weighted by atomic mass is 32.2. The first-order valence-corrected chi connectivity index (χ1v) is 9.78. The Morgan fingerprint density at radius 1 is 1.11 bits per heavy atom. The van der Waals surface area contributed by atoms with Crippen LogP contribution in [0.5, 0.6) is 0 Å². The topological polar surface area (TPSA) is 90.0 Å². The molecule has 2 aromatic carbocycles. The summed E-state index contributed by atoms with van der Waals surface area (Å²) in [5.41, 5.74) is 0.597. The zero-order valence-electron chi connectivity index (χ0n) is 15.6. The zero-order chi connectivity index (χ0) is 20.9. The number of esters is 2. The quantitative estimate of drug-likeness (QED) is 0.653. The Morgan fingerprint density at radius 2 is 1.75 bits per heavy atom. The molecule has 0 unspecified atom stereocenters. The molecule has 0 aliphatic carbocycles. The molecule has 0 atom stereocenters. The van der Waals surface area contributed by atoms with Gasteiger partial charge in [0.25, 0.3) is 10.0 Å². The van der Waals surface area contributed by atoms with E-state index in [4.69, 9.17) is 4.74 Å². The molecule has 0 saturated carbocycles. The van der Waals surface area contributed by atoms with Gasteiger partial charge in [0.2, 0.25) is 0 Å². The fourth-order valence-corrected chi connectivity index (χ4v) is 4.01. The van der Waals surface area contributed by atoms with Crippen LogP contribution >= 0.6 is 0 Å². The number of hydrogen-bond donors (Lipinski definition) is 0. The molecule has 0 aliphatic rings. The monoisotopic (exact) mass is 409 g/mol. The van der Waals surface area contributed by atoms with Crippen molar-refractivity contribution < 1.29 is 31.9 Å². The minimum atomic E-state index is -4.24. The maximum atomic E-state index is 13.2. The number of nitrogens with zero attached hydrogens (tertiary/aromatic N) is 1. The van der Waals surface area contributed by atoms with Crippen molar-refractivity contribution in [3.05, 3.63) is 59.4 Å². The van der Waals surface area contributed by atoms with Gasteiger partial charge >= 0.3 is 11.9 Å². The van der Waals surface area contributed by atoms with Gasteiger partial charge in [0, 0.05) is 0 Å². The van der Waals surface area contributed by atoms with Crippen molar-refractivity contribution in [1.82, 2.24) is 0 Å². The molecular weight excluding hydrogens is 389 g/mol. The van der Waals surface area contributed by atoms with Gasteiger partial charge in [-0.15, -0.1) is 0 Å². The van der Waals surface area contributed by atoms with Gasteiger partial charge in [0.15, 0.2) is 0 Å². The largest absolute Gasteiger partial charge is 0.468 e. The molecule has 0 radical (unpaired) electrons. The fraction of sp³-hybridized carbons (Fsp3) is 0.263. The van der Waals surface area contributed by atoms with E-state index in [1.54, 1.807) is 13.8 Å². The molecule has 0 saturated heterocycles. The second-order valence-electron chi connectivity index (χ2n) is 5.71. The lowest BCUT2D eigenvalue weighted by Crippen LogP contribution is -2.37. The predicted molar refractivity (Wildman–Crippen MR) is 100 cm³/mol. The third-order valence-corrected chi connectivity index (χ3v) is 5.75. The standard InChI is InChI=1S/C19H20FNO6S/c1-4-27-19(23)16-6-5-7-17(13(16)2)21(12-18(22)26-3)28(24,25)15-10-8-14(20)9-11-15/h5-11H,4,12H2,1-3H3. The van der Waals surface area contributed by atoms with Gasteiger partial charge < -0.3 is 9.47 Å². The van der Waals surface area contributed by atoms with Crippen LogP contribution in [-0.4, -0.2) is 40.6 Å². The minimum Gasteiger partial charge on any atom is -0.468 e. The SMILES string of the molecule is CCOC(=O)c1cccc(N(CC(=O)OC)S(=O)(=O)c2ccc(F)cc2)c1C. The molecule has 0 spiro atoms. The number of benzene rings is 2. The van der Waals surface area contributed by atoms with E-state index in [1.165, 1.54) is 18.2 Å². The van der Waals surface area contributed by atoms with Crippen molar-refractivity contribution in [1.29, 1.82) is 0 Å². The average Bonchev–Trinajstić information content (AvgIpc) is 2.66. The summed E-state index contributed by atoms with van der Waals surface area (Å²) in [5.74, 6) is -2.01. The van der Waals surface area contributed by atoms with Crippen LogP contribution in [0.25, 0.3) is 0 Å². The molecule has 0 aromatic heterocycles. The van der Waals surface area contributed by atoms with Crippen molar-refractivity contribution in [2.45, 2.75) is 18.7 Å². The maximum Gasteiger partial charge on any atom is 0.338 e. The van der Waals surface area contributed by atoms with Crippen LogP contribution < -0.4 is 4.31 Å². The Kier molecular flexibility index (Phi) is 6.74. The fourth-order valence-electron chi connectivity index (χ4n) is 2.54. The number of anilines is 1. The summed E-state index contributed by atoms with van der Waals surface area (Å²) in [6.07, 6.45) is 0. The third kappa shape index (κ3) is 4.48. The number of ether oxygens (including phenoxy) is 2. The Bertz CT molecular complexity index is 972. The molecule has 2 aromatic rings.